The molecule has 2 heterocycles. The lowest BCUT2D eigenvalue weighted by Gasteiger charge is -2.12. The van der Waals surface area contributed by atoms with Gasteiger partial charge in [0, 0.05) is 35.4 Å². The first-order valence-electron chi connectivity index (χ1n) is 11.9. The molecule has 192 valence electrons. The lowest BCUT2D eigenvalue weighted by atomic mass is 10.1. The summed E-state index contributed by atoms with van der Waals surface area (Å²) in [5.74, 6) is -0.633. The molecular formula is C28H27N7O3. The summed E-state index contributed by atoms with van der Waals surface area (Å²) in [5.41, 5.74) is 11.1. The van der Waals surface area contributed by atoms with Gasteiger partial charge in [-0.25, -0.2) is 19.8 Å². The summed E-state index contributed by atoms with van der Waals surface area (Å²) in [6.45, 7) is 5.73. The van der Waals surface area contributed by atoms with Crippen LogP contribution in [0.2, 0.25) is 0 Å². The number of nitrogens with one attached hydrogen (secondary N) is 2. The van der Waals surface area contributed by atoms with Gasteiger partial charge in [-0.2, -0.15) is 0 Å². The molecule has 0 aliphatic rings. The minimum atomic E-state index is -0.457. The molecule has 38 heavy (non-hydrogen) atoms. The number of aromatic nitrogens is 3. The van der Waals surface area contributed by atoms with Gasteiger partial charge in [0.1, 0.15) is 0 Å². The van der Waals surface area contributed by atoms with Crippen molar-refractivity contribution in [2.45, 2.75) is 20.8 Å². The minimum absolute atomic E-state index is 0.110. The van der Waals surface area contributed by atoms with Crippen LogP contribution in [0.1, 0.15) is 38.8 Å². The number of rotatable bonds is 7. The van der Waals surface area contributed by atoms with Gasteiger partial charge in [-0.1, -0.05) is 12.1 Å². The van der Waals surface area contributed by atoms with Gasteiger partial charge >= 0.3 is 5.97 Å². The third-order valence-corrected chi connectivity index (χ3v) is 5.56. The molecule has 4 N–H and O–H groups in total. The van der Waals surface area contributed by atoms with Crippen molar-refractivity contribution in [3.05, 3.63) is 95.4 Å². The molecular weight excluding hydrogens is 482 g/mol. The lowest BCUT2D eigenvalue weighted by Crippen LogP contribution is -2.36. The Morgan fingerprint density at radius 3 is 2.55 bits per heavy atom. The van der Waals surface area contributed by atoms with E-state index in [2.05, 4.69) is 30.6 Å². The maximum atomic E-state index is 12.9. The SMILES string of the molecule is CCOC(=O)c1ccc(C)c(N=C(N)NC(=O)c2ccc(C)c(Nc3nccc(-c4cccnc4)n3)c2)c1. The zero-order valence-corrected chi connectivity index (χ0v) is 21.2. The van der Waals surface area contributed by atoms with Crippen LogP contribution in [0.5, 0.6) is 0 Å². The van der Waals surface area contributed by atoms with E-state index in [0.29, 0.717) is 34.1 Å². The number of aliphatic imine (C=N–C) groups is 1. The third kappa shape index (κ3) is 6.35. The molecule has 0 atom stereocenters. The molecule has 0 radical (unpaired) electrons. The number of carbonyl (C=O) groups is 2. The predicted molar refractivity (Wildman–Crippen MR) is 146 cm³/mol. The fraction of sp³-hybridized carbons (Fsp3) is 0.143. The molecule has 0 unspecified atom stereocenters. The van der Waals surface area contributed by atoms with E-state index in [0.717, 1.165) is 16.7 Å². The van der Waals surface area contributed by atoms with Crippen molar-refractivity contribution in [2.75, 3.05) is 11.9 Å². The first-order valence-corrected chi connectivity index (χ1v) is 11.9. The molecule has 2 aromatic carbocycles. The van der Waals surface area contributed by atoms with E-state index in [-0.39, 0.29) is 12.6 Å². The number of nitrogens with two attached hydrogens (primary N) is 1. The molecule has 2 aromatic heterocycles. The van der Waals surface area contributed by atoms with Crippen LogP contribution >= 0.6 is 0 Å². The summed E-state index contributed by atoms with van der Waals surface area (Å²) in [5, 5.41) is 5.77. The van der Waals surface area contributed by atoms with Gasteiger partial charge in [0.2, 0.25) is 11.9 Å². The van der Waals surface area contributed by atoms with Gasteiger partial charge in [0.05, 0.1) is 23.6 Å². The van der Waals surface area contributed by atoms with E-state index in [1.165, 1.54) is 0 Å². The zero-order chi connectivity index (χ0) is 27.1. The summed E-state index contributed by atoms with van der Waals surface area (Å²) < 4.78 is 5.04. The molecule has 1 amide bonds. The molecule has 0 spiro atoms. The number of pyridine rings is 1. The van der Waals surface area contributed by atoms with Crippen LogP contribution in [-0.4, -0.2) is 39.4 Å². The molecule has 10 nitrogen and oxygen atoms in total. The molecule has 4 aromatic rings. The fourth-order valence-corrected chi connectivity index (χ4v) is 3.53. The maximum absolute atomic E-state index is 12.9. The second kappa shape index (κ2) is 11.7. The van der Waals surface area contributed by atoms with Gasteiger partial charge in [-0.3, -0.25) is 15.1 Å². The molecule has 10 heteroatoms. The van der Waals surface area contributed by atoms with Gasteiger partial charge in [-0.15, -0.1) is 0 Å². The smallest absolute Gasteiger partial charge is 0.338 e. The monoisotopic (exact) mass is 509 g/mol. The van der Waals surface area contributed by atoms with Crippen molar-refractivity contribution in [1.29, 1.82) is 0 Å². The first kappa shape index (κ1) is 26.0. The number of aryl methyl sites for hydroxylation is 2. The highest BCUT2D eigenvalue weighted by Crippen LogP contribution is 2.23. The number of carbonyl (C=O) groups excluding carboxylic acids is 2. The van der Waals surface area contributed by atoms with Crippen LogP contribution in [0.4, 0.5) is 17.3 Å². The summed E-state index contributed by atoms with van der Waals surface area (Å²) in [6, 6.07) is 15.7. The standard InChI is InChI=1S/C28H27N7O3/c1-4-38-26(37)20-10-8-17(2)23(15-20)32-27(29)35-25(36)19-9-7-18(3)24(14-19)34-28-31-13-11-22(33-28)21-6-5-12-30-16-21/h5-16H,4H2,1-3H3,(H,31,33,34)(H3,29,32,35,36). The van der Waals surface area contributed by atoms with E-state index < -0.39 is 11.9 Å². The van der Waals surface area contributed by atoms with Crippen molar-refractivity contribution in [3.63, 3.8) is 0 Å². The quantitative estimate of drug-likeness (QED) is 0.188. The average Bonchev–Trinajstić information content (AvgIpc) is 2.92. The van der Waals surface area contributed by atoms with Crippen LogP contribution in [-0.2, 0) is 4.74 Å². The number of ether oxygens (including phenoxy) is 1. The fourth-order valence-electron chi connectivity index (χ4n) is 3.53. The number of anilines is 2. The normalized spacial score (nSPS) is 11.1. The molecule has 4 rings (SSSR count). The number of hydrogen-bond donors (Lipinski definition) is 3. The topological polar surface area (TPSA) is 144 Å². The van der Waals surface area contributed by atoms with E-state index in [9.17, 15) is 9.59 Å². The number of amides is 1. The summed E-state index contributed by atoms with van der Waals surface area (Å²) in [7, 11) is 0. The van der Waals surface area contributed by atoms with E-state index >= 15 is 0 Å². The summed E-state index contributed by atoms with van der Waals surface area (Å²) in [4.78, 5) is 42.2. The predicted octanol–water partition coefficient (Wildman–Crippen LogP) is 4.45. The van der Waals surface area contributed by atoms with Crippen molar-refractivity contribution in [1.82, 2.24) is 20.3 Å². The molecule has 0 aliphatic heterocycles. The average molecular weight is 510 g/mol. The van der Waals surface area contributed by atoms with Crippen LogP contribution in [0.3, 0.4) is 0 Å². The highest BCUT2D eigenvalue weighted by atomic mass is 16.5. The van der Waals surface area contributed by atoms with Crippen LogP contribution in [0.25, 0.3) is 11.3 Å². The summed E-state index contributed by atoms with van der Waals surface area (Å²) in [6.07, 6.45) is 5.07. The Hall–Kier alpha value is -5.12. The van der Waals surface area contributed by atoms with Crippen LogP contribution in [0, 0.1) is 13.8 Å². The highest BCUT2D eigenvalue weighted by Gasteiger charge is 2.13. The molecule has 0 bridgehead atoms. The number of guanidine groups is 1. The number of esters is 1. The third-order valence-electron chi connectivity index (χ3n) is 5.56. The molecule has 0 fully saturated rings. The molecule has 0 aliphatic carbocycles. The highest BCUT2D eigenvalue weighted by molar-refractivity contribution is 6.06. The van der Waals surface area contributed by atoms with Crippen molar-refractivity contribution in [2.24, 2.45) is 10.7 Å². The van der Waals surface area contributed by atoms with Crippen LogP contribution in [0.15, 0.2) is 78.2 Å². The lowest BCUT2D eigenvalue weighted by molar-refractivity contribution is 0.0526. The first-order chi connectivity index (χ1) is 18.3. The van der Waals surface area contributed by atoms with Gasteiger partial charge in [0.15, 0.2) is 0 Å². The Kier molecular flexibility index (Phi) is 8.02. The number of benzene rings is 2. The second-order valence-electron chi connectivity index (χ2n) is 8.33. The van der Waals surface area contributed by atoms with Crippen molar-refractivity contribution < 1.29 is 14.3 Å². The Labute approximate surface area is 220 Å². The number of nitrogens with zero attached hydrogens (tertiary/aromatic N) is 4. The second-order valence-corrected chi connectivity index (χ2v) is 8.33. The van der Waals surface area contributed by atoms with E-state index in [1.54, 1.807) is 61.9 Å². The number of hydrogen-bond acceptors (Lipinski definition) is 8. The Morgan fingerprint density at radius 1 is 1.00 bits per heavy atom. The van der Waals surface area contributed by atoms with Crippen molar-refractivity contribution in [3.8, 4) is 11.3 Å². The Bertz CT molecular complexity index is 1500. The summed E-state index contributed by atoms with van der Waals surface area (Å²) >= 11 is 0. The Morgan fingerprint density at radius 2 is 1.79 bits per heavy atom. The minimum Gasteiger partial charge on any atom is -0.462 e. The Balaban J connectivity index is 1.51. The van der Waals surface area contributed by atoms with E-state index in [4.69, 9.17) is 10.5 Å². The maximum Gasteiger partial charge on any atom is 0.338 e. The van der Waals surface area contributed by atoms with Crippen molar-refractivity contribution >= 4 is 35.2 Å². The van der Waals surface area contributed by atoms with Gasteiger partial charge < -0.3 is 15.8 Å². The van der Waals surface area contributed by atoms with Crippen LogP contribution < -0.4 is 16.4 Å². The zero-order valence-electron chi connectivity index (χ0n) is 21.2. The van der Waals surface area contributed by atoms with Gasteiger partial charge in [-0.05, 0) is 74.4 Å². The molecule has 0 saturated heterocycles. The largest absolute Gasteiger partial charge is 0.462 e. The molecule has 0 saturated carbocycles. The van der Waals surface area contributed by atoms with Gasteiger partial charge in [0.25, 0.3) is 5.91 Å². The van der Waals surface area contributed by atoms with E-state index in [1.807, 2.05) is 32.0 Å².